The lowest BCUT2D eigenvalue weighted by Crippen LogP contribution is -2.32. The number of benzene rings is 1. The van der Waals surface area contributed by atoms with Gasteiger partial charge in [0.05, 0.1) is 6.61 Å². The second kappa shape index (κ2) is 9.19. The first-order chi connectivity index (χ1) is 9.22. The minimum absolute atomic E-state index is 0.251. The lowest BCUT2D eigenvalue weighted by Gasteiger charge is -2.07. The Balaban J connectivity index is 2.04. The highest BCUT2D eigenvalue weighted by molar-refractivity contribution is 5.77. The Kier molecular flexibility index (Phi) is 7.39. The molecule has 0 fully saturated rings. The van der Waals surface area contributed by atoms with Gasteiger partial charge in [-0.2, -0.15) is 0 Å². The Morgan fingerprint density at radius 1 is 1.32 bits per heavy atom. The maximum Gasteiger partial charge on any atom is 0.188 e. The van der Waals surface area contributed by atoms with E-state index in [-0.39, 0.29) is 5.82 Å². The molecule has 0 radical (unpaired) electrons. The summed E-state index contributed by atoms with van der Waals surface area (Å²) in [6.45, 7) is 4.21. The van der Waals surface area contributed by atoms with Gasteiger partial charge in [-0.05, 0) is 43.5 Å². The quantitative estimate of drug-likeness (QED) is 0.431. The van der Waals surface area contributed by atoms with Crippen LogP contribution in [0.25, 0.3) is 0 Å². The normalized spacial score (nSPS) is 11.4. The van der Waals surface area contributed by atoms with Crippen molar-refractivity contribution < 1.29 is 9.13 Å². The summed E-state index contributed by atoms with van der Waals surface area (Å²) in [5.41, 5.74) is 5.65. The van der Waals surface area contributed by atoms with Crippen molar-refractivity contribution in [1.82, 2.24) is 5.32 Å². The van der Waals surface area contributed by atoms with Gasteiger partial charge in [0.25, 0.3) is 0 Å². The summed E-state index contributed by atoms with van der Waals surface area (Å²) in [6.07, 6.45) is 2.85. The molecular formula is C14H22FN3O. The molecule has 0 amide bonds. The smallest absolute Gasteiger partial charge is 0.188 e. The predicted molar refractivity (Wildman–Crippen MR) is 75.9 cm³/mol. The van der Waals surface area contributed by atoms with E-state index in [4.69, 9.17) is 10.5 Å². The van der Waals surface area contributed by atoms with Crippen molar-refractivity contribution in [3.63, 3.8) is 0 Å². The third-order valence-electron chi connectivity index (χ3n) is 2.47. The van der Waals surface area contributed by atoms with Gasteiger partial charge in [-0.1, -0.05) is 6.92 Å². The number of hydrogen-bond acceptors (Lipinski definition) is 2. The molecule has 0 unspecified atom stereocenters. The number of nitrogens with one attached hydrogen (secondary N) is 1. The fraction of sp³-hybridized carbons (Fsp3) is 0.500. The highest BCUT2D eigenvalue weighted by atomic mass is 19.1. The number of nitrogens with zero attached hydrogens (tertiary/aromatic N) is 1. The summed E-state index contributed by atoms with van der Waals surface area (Å²) in [5, 5.41) is 3.05. The maximum atomic E-state index is 12.7. The van der Waals surface area contributed by atoms with Gasteiger partial charge >= 0.3 is 0 Å². The first kappa shape index (κ1) is 15.3. The largest absolute Gasteiger partial charge is 0.494 e. The molecule has 0 aliphatic carbocycles. The van der Waals surface area contributed by atoms with E-state index in [9.17, 15) is 4.39 Å². The summed E-state index contributed by atoms with van der Waals surface area (Å²) in [4.78, 5) is 4.13. The molecule has 1 aromatic rings. The van der Waals surface area contributed by atoms with Crippen molar-refractivity contribution in [2.75, 3.05) is 19.7 Å². The lowest BCUT2D eigenvalue weighted by molar-refractivity contribution is 0.306. The molecule has 3 N–H and O–H groups in total. The van der Waals surface area contributed by atoms with Gasteiger partial charge < -0.3 is 15.8 Å². The topological polar surface area (TPSA) is 59.6 Å². The minimum Gasteiger partial charge on any atom is -0.494 e. The molecule has 0 bridgehead atoms. The Morgan fingerprint density at radius 3 is 2.74 bits per heavy atom. The standard InChI is InChI=1S/C14H22FN3O/c1-2-9-17-14(16)18-10-3-4-11-19-13-7-5-12(15)6-8-13/h5-8H,2-4,9-11H2,1H3,(H3,16,17,18). The molecule has 0 aliphatic heterocycles. The fourth-order valence-electron chi connectivity index (χ4n) is 1.45. The molecule has 19 heavy (non-hydrogen) atoms. The van der Waals surface area contributed by atoms with Crippen LogP contribution in [0.2, 0.25) is 0 Å². The van der Waals surface area contributed by atoms with Crippen molar-refractivity contribution in [2.45, 2.75) is 26.2 Å². The second-order valence-electron chi connectivity index (χ2n) is 4.20. The van der Waals surface area contributed by atoms with E-state index in [1.54, 1.807) is 12.1 Å². The average molecular weight is 267 g/mol. The van der Waals surface area contributed by atoms with Crippen molar-refractivity contribution in [1.29, 1.82) is 0 Å². The monoisotopic (exact) mass is 267 g/mol. The predicted octanol–water partition coefficient (Wildman–Crippen LogP) is 2.30. The Morgan fingerprint density at radius 2 is 2.05 bits per heavy atom. The molecule has 0 saturated carbocycles. The van der Waals surface area contributed by atoms with Gasteiger partial charge in [0, 0.05) is 13.1 Å². The molecule has 0 aromatic heterocycles. The summed E-state index contributed by atoms with van der Waals surface area (Å²) in [7, 11) is 0. The Labute approximate surface area is 113 Å². The molecule has 5 heteroatoms. The van der Waals surface area contributed by atoms with Gasteiger partial charge in [0.1, 0.15) is 11.6 Å². The third-order valence-corrected chi connectivity index (χ3v) is 2.47. The summed E-state index contributed by atoms with van der Waals surface area (Å²) in [5.74, 6) is 0.943. The minimum atomic E-state index is -0.251. The molecule has 0 heterocycles. The van der Waals surface area contributed by atoms with Crippen LogP contribution in [0.1, 0.15) is 26.2 Å². The molecule has 0 aliphatic rings. The summed E-state index contributed by atoms with van der Waals surface area (Å²) < 4.78 is 18.1. The van der Waals surface area contributed by atoms with E-state index in [0.717, 1.165) is 32.4 Å². The number of guanidine groups is 1. The number of unbranched alkanes of at least 4 members (excludes halogenated alkanes) is 1. The highest BCUT2D eigenvalue weighted by Gasteiger charge is 1.95. The van der Waals surface area contributed by atoms with E-state index in [1.807, 2.05) is 0 Å². The third kappa shape index (κ3) is 7.28. The van der Waals surface area contributed by atoms with Crippen LogP contribution in [0.4, 0.5) is 4.39 Å². The van der Waals surface area contributed by atoms with Gasteiger partial charge in [-0.15, -0.1) is 0 Å². The Hall–Kier alpha value is -1.78. The number of rotatable bonds is 8. The average Bonchev–Trinajstić information content (AvgIpc) is 2.42. The Bertz CT molecular complexity index is 379. The van der Waals surface area contributed by atoms with E-state index in [2.05, 4.69) is 17.2 Å². The molecule has 4 nitrogen and oxygen atoms in total. The van der Waals surface area contributed by atoms with E-state index >= 15 is 0 Å². The second-order valence-corrected chi connectivity index (χ2v) is 4.20. The van der Waals surface area contributed by atoms with Gasteiger partial charge in [-0.3, -0.25) is 4.99 Å². The van der Waals surface area contributed by atoms with Crippen LogP contribution in [0.3, 0.4) is 0 Å². The highest BCUT2D eigenvalue weighted by Crippen LogP contribution is 2.11. The van der Waals surface area contributed by atoms with Crippen LogP contribution in [0, 0.1) is 5.82 Å². The number of aliphatic imine (C=N–C) groups is 1. The van der Waals surface area contributed by atoms with Crippen molar-refractivity contribution in [3.8, 4) is 5.75 Å². The van der Waals surface area contributed by atoms with Crippen LogP contribution in [0.5, 0.6) is 5.75 Å². The van der Waals surface area contributed by atoms with Crippen LogP contribution in [0.15, 0.2) is 29.3 Å². The van der Waals surface area contributed by atoms with Crippen LogP contribution < -0.4 is 15.8 Å². The molecule has 0 atom stereocenters. The van der Waals surface area contributed by atoms with E-state index in [0.29, 0.717) is 18.3 Å². The molecular weight excluding hydrogens is 245 g/mol. The van der Waals surface area contributed by atoms with Crippen LogP contribution in [-0.2, 0) is 0 Å². The van der Waals surface area contributed by atoms with Crippen molar-refractivity contribution in [2.24, 2.45) is 10.7 Å². The number of hydrogen-bond donors (Lipinski definition) is 2. The van der Waals surface area contributed by atoms with Crippen molar-refractivity contribution in [3.05, 3.63) is 30.1 Å². The van der Waals surface area contributed by atoms with Crippen LogP contribution in [-0.4, -0.2) is 25.7 Å². The van der Waals surface area contributed by atoms with Gasteiger partial charge in [0.2, 0.25) is 0 Å². The maximum absolute atomic E-state index is 12.7. The first-order valence-electron chi connectivity index (χ1n) is 6.64. The summed E-state index contributed by atoms with van der Waals surface area (Å²) >= 11 is 0. The zero-order valence-electron chi connectivity index (χ0n) is 11.4. The van der Waals surface area contributed by atoms with Gasteiger partial charge in [0.15, 0.2) is 5.96 Å². The van der Waals surface area contributed by atoms with E-state index in [1.165, 1.54) is 12.1 Å². The zero-order valence-corrected chi connectivity index (χ0v) is 11.4. The van der Waals surface area contributed by atoms with Crippen molar-refractivity contribution >= 4 is 5.96 Å². The zero-order chi connectivity index (χ0) is 13.9. The first-order valence-corrected chi connectivity index (χ1v) is 6.64. The SMILES string of the molecule is CCCN=C(N)NCCCCOc1ccc(F)cc1. The molecule has 0 saturated heterocycles. The van der Waals surface area contributed by atoms with E-state index < -0.39 is 0 Å². The van der Waals surface area contributed by atoms with Gasteiger partial charge in [-0.25, -0.2) is 4.39 Å². The number of nitrogens with two attached hydrogens (primary N) is 1. The number of halogens is 1. The molecule has 0 spiro atoms. The molecule has 1 rings (SSSR count). The summed E-state index contributed by atoms with van der Waals surface area (Å²) in [6, 6.07) is 6.04. The number of ether oxygens (including phenoxy) is 1. The van der Waals surface area contributed by atoms with Crippen LogP contribution >= 0.6 is 0 Å². The fourth-order valence-corrected chi connectivity index (χ4v) is 1.45. The lowest BCUT2D eigenvalue weighted by atomic mass is 10.3. The molecule has 106 valence electrons. The molecule has 1 aromatic carbocycles.